The fraction of sp³-hybridized carbons (Fsp3) is 0.200. The summed E-state index contributed by atoms with van der Waals surface area (Å²) in [6.07, 6.45) is 2.14. The zero-order valence-corrected chi connectivity index (χ0v) is 16.2. The molecule has 0 aliphatic heterocycles. The van der Waals surface area contributed by atoms with E-state index in [-0.39, 0.29) is 5.91 Å². The van der Waals surface area contributed by atoms with Crippen LogP contribution < -0.4 is 11.1 Å². The van der Waals surface area contributed by atoms with Gasteiger partial charge in [-0.15, -0.1) is 0 Å². The second kappa shape index (κ2) is 8.31. The molecule has 0 aromatic heterocycles. The highest BCUT2D eigenvalue weighted by Crippen LogP contribution is 2.44. The minimum absolute atomic E-state index is 0.175. The number of primary amides is 1. The second-order valence-corrected chi connectivity index (χ2v) is 7.45. The van der Waals surface area contributed by atoms with Gasteiger partial charge in [0.1, 0.15) is 6.04 Å². The molecule has 2 amide bonds. The molecule has 0 spiro atoms. The van der Waals surface area contributed by atoms with E-state index in [0.29, 0.717) is 6.42 Å². The predicted molar refractivity (Wildman–Crippen MR) is 114 cm³/mol. The average molecular weight is 384 g/mol. The van der Waals surface area contributed by atoms with Gasteiger partial charge in [-0.05, 0) is 47.1 Å². The molecule has 3 N–H and O–H groups in total. The number of carbonyl (C=O) groups is 2. The number of aryl methyl sites for hydroxylation is 1. The van der Waals surface area contributed by atoms with Crippen LogP contribution in [0.15, 0.2) is 78.9 Å². The number of rotatable bonds is 7. The molecule has 1 atom stereocenters. The minimum atomic E-state index is -0.675. The van der Waals surface area contributed by atoms with Gasteiger partial charge in [0, 0.05) is 0 Å². The Morgan fingerprint density at radius 3 is 1.97 bits per heavy atom. The maximum Gasteiger partial charge on any atom is 0.240 e. The van der Waals surface area contributed by atoms with Crippen LogP contribution >= 0.6 is 0 Å². The quantitative estimate of drug-likeness (QED) is 0.650. The molecule has 4 heteroatoms. The third-order valence-electron chi connectivity index (χ3n) is 5.56. The zero-order chi connectivity index (χ0) is 20.2. The Morgan fingerprint density at radius 1 is 0.828 bits per heavy atom. The highest BCUT2D eigenvalue weighted by molar-refractivity contribution is 5.98. The summed E-state index contributed by atoms with van der Waals surface area (Å²) < 4.78 is 0. The number of carbonyl (C=O) groups excluding carboxylic acids is 2. The summed E-state index contributed by atoms with van der Waals surface area (Å²) in [5.74, 6) is -1.09. The van der Waals surface area contributed by atoms with Crippen molar-refractivity contribution in [3.63, 3.8) is 0 Å². The lowest BCUT2D eigenvalue weighted by atomic mass is 9.95. The Kier molecular flexibility index (Phi) is 5.43. The summed E-state index contributed by atoms with van der Waals surface area (Å²) in [5.41, 5.74) is 10.9. The Labute approximate surface area is 170 Å². The van der Waals surface area contributed by atoms with E-state index in [9.17, 15) is 9.59 Å². The van der Waals surface area contributed by atoms with Gasteiger partial charge < -0.3 is 11.1 Å². The van der Waals surface area contributed by atoms with Gasteiger partial charge in [0.2, 0.25) is 11.8 Å². The Balaban J connectivity index is 1.49. The highest BCUT2D eigenvalue weighted by atomic mass is 16.2. The minimum Gasteiger partial charge on any atom is -0.368 e. The van der Waals surface area contributed by atoms with Gasteiger partial charge in [0.05, 0.1) is 5.92 Å². The van der Waals surface area contributed by atoms with Gasteiger partial charge in [0.25, 0.3) is 0 Å². The van der Waals surface area contributed by atoms with Crippen molar-refractivity contribution in [2.75, 3.05) is 0 Å². The van der Waals surface area contributed by atoms with E-state index < -0.39 is 17.9 Å². The monoisotopic (exact) mass is 384 g/mol. The van der Waals surface area contributed by atoms with Crippen molar-refractivity contribution in [1.82, 2.24) is 5.32 Å². The number of amides is 2. The van der Waals surface area contributed by atoms with Crippen molar-refractivity contribution in [1.29, 1.82) is 0 Å². The number of nitrogens with two attached hydrogens (primary N) is 1. The van der Waals surface area contributed by atoms with Gasteiger partial charge >= 0.3 is 0 Å². The number of hydrogen-bond donors (Lipinski definition) is 2. The van der Waals surface area contributed by atoms with E-state index in [0.717, 1.165) is 35.1 Å². The van der Waals surface area contributed by atoms with Crippen molar-refractivity contribution >= 4 is 11.8 Å². The molecule has 146 valence electrons. The first-order valence-corrected chi connectivity index (χ1v) is 9.97. The van der Waals surface area contributed by atoms with Gasteiger partial charge in [0.15, 0.2) is 0 Å². The van der Waals surface area contributed by atoms with Crippen molar-refractivity contribution < 1.29 is 9.59 Å². The highest BCUT2D eigenvalue weighted by Gasteiger charge is 2.34. The molecule has 4 rings (SSSR count). The topological polar surface area (TPSA) is 72.2 Å². The summed E-state index contributed by atoms with van der Waals surface area (Å²) in [7, 11) is 0. The summed E-state index contributed by atoms with van der Waals surface area (Å²) >= 11 is 0. The SMILES string of the molecule is NC(=O)[C@@H](CCCc1ccccc1)NC(=O)C1c2ccccc2-c2ccccc21. The molecule has 0 saturated carbocycles. The number of nitrogens with one attached hydrogen (secondary N) is 1. The van der Waals surface area contributed by atoms with Crippen molar-refractivity contribution in [2.24, 2.45) is 5.73 Å². The number of fused-ring (bicyclic) bond motifs is 3. The first-order chi connectivity index (χ1) is 14.1. The standard InChI is InChI=1S/C25H24N2O2/c26-24(28)22(16-8-11-17-9-2-1-3-10-17)27-25(29)23-20-14-6-4-12-18(20)19-13-5-7-15-21(19)23/h1-7,9-10,12-15,22-23H,8,11,16H2,(H2,26,28)(H,27,29)/t22-/m1/s1. The van der Waals surface area contributed by atoms with E-state index in [2.05, 4.69) is 17.4 Å². The van der Waals surface area contributed by atoms with Crippen molar-refractivity contribution in [2.45, 2.75) is 31.2 Å². The lowest BCUT2D eigenvalue weighted by molar-refractivity contribution is -0.127. The predicted octanol–water partition coefficient (Wildman–Crippen LogP) is 3.79. The van der Waals surface area contributed by atoms with Crippen LogP contribution in [-0.4, -0.2) is 17.9 Å². The summed E-state index contributed by atoms with van der Waals surface area (Å²) in [4.78, 5) is 25.2. The fourth-order valence-corrected chi connectivity index (χ4v) is 4.13. The molecule has 3 aromatic rings. The largest absolute Gasteiger partial charge is 0.368 e. The van der Waals surface area contributed by atoms with Crippen LogP contribution in [0.1, 0.15) is 35.4 Å². The molecule has 0 unspecified atom stereocenters. The number of benzene rings is 3. The van der Waals surface area contributed by atoms with Crippen molar-refractivity contribution in [3.05, 3.63) is 95.6 Å². The third kappa shape index (κ3) is 3.92. The van der Waals surface area contributed by atoms with Crippen molar-refractivity contribution in [3.8, 4) is 11.1 Å². The van der Waals surface area contributed by atoms with E-state index in [1.165, 1.54) is 5.56 Å². The molecule has 1 aliphatic rings. The van der Waals surface area contributed by atoms with Gasteiger partial charge in [-0.25, -0.2) is 0 Å². The van der Waals surface area contributed by atoms with Crippen LogP contribution in [0.4, 0.5) is 0 Å². The van der Waals surface area contributed by atoms with E-state index in [4.69, 9.17) is 5.73 Å². The molecular formula is C25H24N2O2. The van der Waals surface area contributed by atoms with Crippen LogP contribution in [0.5, 0.6) is 0 Å². The second-order valence-electron chi connectivity index (χ2n) is 7.45. The summed E-state index contributed by atoms with van der Waals surface area (Å²) in [6.45, 7) is 0. The maximum atomic E-state index is 13.2. The molecular weight excluding hydrogens is 360 g/mol. The lowest BCUT2D eigenvalue weighted by Gasteiger charge is -2.19. The molecule has 0 bridgehead atoms. The molecule has 1 aliphatic carbocycles. The fourth-order valence-electron chi connectivity index (χ4n) is 4.13. The van der Waals surface area contributed by atoms with E-state index in [1.54, 1.807) is 0 Å². The Bertz CT molecular complexity index is 984. The van der Waals surface area contributed by atoms with Gasteiger partial charge in [-0.2, -0.15) is 0 Å². The van der Waals surface area contributed by atoms with Crippen LogP contribution in [-0.2, 0) is 16.0 Å². The number of hydrogen-bond acceptors (Lipinski definition) is 2. The first kappa shape index (κ1) is 18.9. The van der Waals surface area contributed by atoms with Gasteiger partial charge in [-0.3, -0.25) is 9.59 Å². The van der Waals surface area contributed by atoms with Gasteiger partial charge in [-0.1, -0.05) is 78.9 Å². The third-order valence-corrected chi connectivity index (χ3v) is 5.56. The maximum absolute atomic E-state index is 13.2. The molecule has 0 fully saturated rings. The zero-order valence-electron chi connectivity index (χ0n) is 16.2. The Morgan fingerprint density at radius 2 is 1.38 bits per heavy atom. The van der Waals surface area contributed by atoms with E-state index >= 15 is 0 Å². The smallest absolute Gasteiger partial charge is 0.240 e. The molecule has 4 nitrogen and oxygen atoms in total. The van der Waals surface area contributed by atoms with E-state index in [1.807, 2.05) is 66.7 Å². The first-order valence-electron chi connectivity index (χ1n) is 9.97. The molecule has 0 radical (unpaired) electrons. The lowest BCUT2D eigenvalue weighted by Crippen LogP contribution is -2.46. The molecule has 29 heavy (non-hydrogen) atoms. The normalized spacial score (nSPS) is 13.4. The molecule has 0 saturated heterocycles. The Hall–Kier alpha value is -3.40. The average Bonchev–Trinajstić information content (AvgIpc) is 3.08. The van der Waals surface area contributed by atoms with Crippen LogP contribution in [0, 0.1) is 0 Å². The molecule has 3 aromatic carbocycles. The summed E-state index contributed by atoms with van der Waals surface area (Å²) in [6, 6.07) is 25.3. The van der Waals surface area contributed by atoms with Crippen LogP contribution in [0.2, 0.25) is 0 Å². The molecule has 0 heterocycles. The van der Waals surface area contributed by atoms with Crippen LogP contribution in [0.25, 0.3) is 11.1 Å². The summed E-state index contributed by atoms with van der Waals surface area (Å²) in [5, 5.41) is 2.91. The van der Waals surface area contributed by atoms with Crippen LogP contribution in [0.3, 0.4) is 0 Å².